The van der Waals surface area contributed by atoms with E-state index in [0.29, 0.717) is 17.2 Å². The molecule has 0 fully saturated rings. The lowest BCUT2D eigenvalue weighted by Crippen LogP contribution is -2.52. The molecule has 1 heterocycles. The fraction of sp³-hybridized carbons (Fsp3) is 0.429. The van der Waals surface area contributed by atoms with E-state index < -0.39 is 11.7 Å². The highest BCUT2D eigenvalue weighted by molar-refractivity contribution is 5.61. The summed E-state index contributed by atoms with van der Waals surface area (Å²) in [6.07, 6.45) is 0.150. The first kappa shape index (κ1) is 19.5. The Kier molecular flexibility index (Phi) is 5.89. The summed E-state index contributed by atoms with van der Waals surface area (Å²) in [5, 5.41) is 14.3. The average molecular weight is 372 g/mol. The summed E-state index contributed by atoms with van der Waals surface area (Å²) in [4.78, 5) is 0. The minimum Gasteiger partial charge on any atom is -0.485 e. The van der Waals surface area contributed by atoms with E-state index in [2.05, 4.69) is 17.4 Å². The molecule has 1 aliphatic rings. The van der Waals surface area contributed by atoms with Crippen molar-refractivity contribution < 1.29 is 19.3 Å². The van der Waals surface area contributed by atoms with Gasteiger partial charge in [0.2, 0.25) is 0 Å². The number of fused-ring (bicyclic) bond motifs is 1. The third-order valence-corrected chi connectivity index (χ3v) is 4.83. The third kappa shape index (κ3) is 4.35. The second-order valence-electron chi connectivity index (χ2n) is 7.30. The molecule has 0 aliphatic carbocycles. The molecule has 0 spiro atoms. The molecule has 4 N–H and O–H groups in total. The molecule has 6 heteroatoms. The molecule has 6 nitrogen and oxygen atoms in total. The zero-order valence-corrected chi connectivity index (χ0v) is 16.1. The van der Waals surface area contributed by atoms with Crippen LogP contribution in [-0.2, 0) is 11.2 Å². The number of hydrogen-bond donors (Lipinski definition) is 3. The van der Waals surface area contributed by atoms with Crippen LogP contribution in [0, 0.1) is 0 Å². The van der Waals surface area contributed by atoms with Crippen LogP contribution in [0.25, 0.3) is 0 Å². The molecule has 146 valence electrons. The van der Waals surface area contributed by atoms with E-state index in [1.54, 1.807) is 19.2 Å². The summed E-state index contributed by atoms with van der Waals surface area (Å²) in [5.74, 6) is 1.16. The van der Waals surface area contributed by atoms with Gasteiger partial charge in [0, 0.05) is 18.7 Å². The maximum absolute atomic E-state index is 10.9. The molecule has 0 saturated heterocycles. The maximum atomic E-state index is 10.9. The van der Waals surface area contributed by atoms with E-state index in [1.165, 1.54) is 5.56 Å². The predicted octanol–water partition coefficient (Wildman–Crippen LogP) is 2.66. The Morgan fingerprint density at radius 1 is 1.22 bits per heavy atom. The highest BCUT2D eigenvalue weighted by Crippen LogP contribution is 2.43. The molecule has 2 aromatic rings. The van der Waals surface area contributed by atoms with E-state index in [1.807, 2.05) is 32.0 Å². The molecule has 27 heavy (non-hydrogen) atoms. The molecular formula is C21H28N2O4. The van der Waals surface area contributed by atoms with Crippen LogP contribution >= 0.6 is 0 Å². The van der Waals surface area contributed by atoms with Gasteiger partial charge >= 0.3 is 0 Å². The Bertz CT molecular complexity index is 764. The molecule has 2 aromatic carbocycles. The van der Waals surface area contributed by atoms with Gasteiger partial charge in [0.05, 0.1) is 11.7 Å². The first-order valence-corrected chi connectivity index (χ1v) is 9.12. The standard InChI is InChI=1S/C21H28N2O4/c1-21(2)20(24)19(23-10-9-14-7-5-4-6-8-14)15-11-16(22)18(26-13-25-3)12-17(15)27-21/h4-8,11-12,19-20,23-24H,9-10,13,22H2,1-3H3/t19-,20+/m1/s1. The second-order valence-corrected chi connectivity index (χ2v) is 7.30. The normalized spacial score (nSPS) is 20.6. The van der Waals surface area contributed by atoms with Crippen LogP contribution in [0.1, 0.15) is 31.0 Å². The van der Waals surface area contributed by atoms with E-state index >= 15 is 0 Å². The monoisotopic (exact) mass is 372 g/mol. The summed E-state index contributed by atoms with van der Waals surface area (Å²) < 4.78 is 16.5. The Morgan fingerprint density at radius 3 is 2.67 bits per heavy atom. The van der Waals surface area contributed by atoms with E-state index in [-0.39, 0.29) is 12.8 Å². The van der Waals surface area contributed by atoms with Crippen molar-refractivity contribution in [2.45, 2.75) is 38.0 Å². The van der Waals surface area contributed by atoms with Gasteiger partial charge < -0.3 is 30.4 Å². The van der Waals surface area contributed by atoms with Crippen molar-refractivity contribution in [2.24, 2.45) is 0 Å². The van der Waals surface area contributed by atoms with Gasteiger partial charge in [-0.25, -0.2) is 0 Å². The molecule has 0 bridgehead atoms. The number of ether oxygens (including phenoxy) is 3. The van der Waals surface area contributed by atoms with Gasteiger partial charge in [-0.1, -0.05) is 30.3 Å². The first-order chi connectivity index (χ1) is 12.9. The average Bonchev–Trinajstić information content (AvgIpc) is 2.65. The van der Waals surface area contributed by atoms with Crippen molar-refractivity contribution in [3.8, 4) is 11.5 Å². The van der Waals surface area contributed by atoms with Crippen LogP contribution < -0.4 is 20.5 Å². The highest BCUT2D eigenvalue weighted by atomic mass is 16.7. The number of hydrogen-bond acceptors (Lipinski definition) is 6. The summed E-state index contributed by atoms with van der Waals surface area (Å²) in [7, 11) is 1.55. The molecule has 3 rings (SSSR count). The van der Waals surface area contributed by atoms with Crippen molar-refractivity contribution in [1.29, 1.82) is 0 Å². The Morgan fingerprint density at radius 2 is 1.96 bits per heavy atom. The predicted molar refractivity (Wildman–Crippen MR) is 105 cm³/mol. The lowest BCUT2D eigenvalue weighted by Gasteiger charge is -2.42. The SMILES string of the molecule is COCOc1cc2c(cc1N)[C@@H](NCCc1ccccc1)[C@H](O)C(C)(C)O2. The van der Waals surface area contributed by atoms with Crippen LogP contribution in [0.4, 0.5) is 5.69 Å². The van der Waals surface area contributed by atoms with Crippen LogP contribution in [0.3, 0.4) is 0 Å². The number of aliphatic hydroxyl groups is 1. The fourth-order valence-electron chi connectivity index (χ4n) is 3.33. The minimum absolute atomic E-state index is 0.105. The zero-order chi connectivity index (χ0) is 19.4. The lowest BCUT2D eigenvalue weighted by molar-refractivity contribution is -0.0646. The van der Waals surface area contributed by atoms with Gasteiger partial charge in [-0.05, 0) is 38.4 Å². The summed E-state index contributed by atoms with van der Waals surface area (Å²) in [6, 6.07) is 13.5. The minimum atomic E-state index is -0.744. The van der Waals surface area contributed by atoms with Gasteiger partial charge in [-0.3, -0.25) is 0 Å². The molecule has 0 aromatic heterocycles. The van der Waals surface area contributed by atoms with Crippen molar-refractivity contribution in [3.05, 3.63) is 53.6 Å². The topological polar surface area (TPSA) is 86.0 Å². The highest BCUT2D eigenvalue weighted by Gasteiger charge is 2.43. The molecule has 0 saturated carbocycles. The molecule has 0 unspecified atom stereocenters. The Hall–Kier alpha value is -2.28. The van der Waals surface area contributed by atoms with Crippen molar-refractivity contribution in [1.82, 2.24) is 5.32 Å². The van der Waals surface area contributed by atoms with Gasteiger partial charge in [0.1, 0.15) is 23.2 Å². The van der Waals surface area contributed by atoms with Crippen molar-refractivity contribution in [3.63, 3.8) is 0 Å². The quantitative estimate of drug-likeness (QED) is 0.512. The number of anilines is 1. The smallest absolute Gasteiger partial charge is 0.188 e. The van der Waals surface area contributed by atoms with Crippen molar-refractivity contribution >= 4 is 5.69 Å². The number of rotatable bonds is 7. The summed E-state index contributed by atoms with van der Waals surface area (Å²) >= 11 is 0. The first-order valence-electron chi connectivity index (χ1n) is 9.12. The maximum Gasteiger partial charge on any atom is 0.188 e. The van der Waals surface area contributed by atoms with Gasteiger partial charge in [0.15, 0.2) is 6.79 Å². The number of methoxy groups -OCH3 is 1. The Labute approximate surface area is 160 Å². The van der Waals surface area contributed by atoms with Crippen molar-refractivity contribution in [2.75, 3.05) is 26.2 Å². The van der Waals surface area contributed by atoms with Crippen LogP contribution in [-0.4, -0.2) is 37.3 Å². The molecule has 0 radical (unpaired) electrons. The molecular weight excluding hydrogens is 344 g/mol. The lowest BCUT2D eigenvalue weighted by atomic mass is 9.86. The van der Waals surface area contributed by atoms with Gasteiger partial charge in [-0.15, -0.1) is 0 Å². The summed E-state index contributed by atoms with van der Waals surface area (Å²) in [6.45, 7) is 4.58. The number of aliphatic hydroxyl groups excluding tert-OH is 1. The van der Waals surface area contributed by atoms with E-state index in [9.17, 15) is 5.11 Å². The van der Waals surface area contributed by atoms with Crippen LogP contribution in [0.15, 0.2) is 42.5 Å². The van der Waals surface area contributed by atoms with Gasteiger partial charge in [0.25, 0.3) is 0 Å². The number of nitrogen functional groups attached to an aromatic ring is 1. The zero-order valence-electron chi connectivity index (χ0n) is 16.1. The van der Waals surface area contributed by atoms with E-state index in [0.717, 1.165) is 18.5 Å². The number of benzene rings is 2. The third-order valence-electron chi connectivity index (χ3n) is 4.83. The van der Waals surface area contributed by atoms with Crippen LogP contribution in [0.5, 0.6) is 11.5 Å². The van der Waals surface area contributed by atoms with Gasteiger partial charge in [-0.2, -0.15) is 0 Å². The Balaban J connectivity index is 1.81. The van der Waals surface area contributed by atoms with Crippen LogP contribution in [0.2, 0.25) is 0 Å². The number of nitrogens with two attached hydrogens (primary N) is 1. The molecule has 1 aliphatic heterocycles. The fourth-order valence-corrected chi connectivity index (χ4v) is 3.33. The van der Waals surface area contributed by atoms with E-state index in [4.69, 9.17) is 19.9 Å². The summed E-state index contributed by atoms with van der Waals surface area (Å²) in [5.41, 5.74) is 7.95. The molecule has 2 atom stereocenters. The largest absolute Gasteiger partial charge is 0.485 e. The molecule has 0 amide bonds. The second kappa shape index (κ2) is 8.17. The number of nitrogens with one attached hydrogen (secondary N) is 1.